The fourth-order valence-electron chi connectivity index (χ4n) is 2.19. The van der Waals surface area contributed by atoms with Crippen molar-refractivity contribution in [3.05, 3.63) is 30.3 Å². The van der Waals surface area contributed by atoms with Crippen molar-refractivity contribution < 1.29 is 17.9 Å². The molecule has 0 aromatic heterocycles. The minimum atomic E-state index is -3.63. The Kier molecular flexibility index (Phi) is 4.97. The lowest BCUT2D eigenvalue weighted by Gasteiger charge is -2.32. The predicted octanol–water partition coefficient (Wildman–Crippen LogP) is 0.554. The van der Waals surface area contributed by atoms with E-state index < -0.39 is 10.0 Å². The quantitative estimate of drug-likeness (QED) is 0.814. The first kappa shape index (κ1) is 15.9. The number of sulfonamides is 1. The second kappa shape index (κ2) is 6.55. The van der Waals surface area contributed by atoms with Gasteiger partial charge in [0.1, 0.15) is 0 Å². The molecular weight excluding hydrogens is 292 g/mol. The second-order valence-corrected chi connectivity index (χ2v) is 7.14. The maximum atomic E-state index is 12.3. The molecule has 0 spiro atoms. The average Bonchev–Trinajstić information content (AvgIpc) is 2.48. The Morgan fingerprint density at radius 1 is 1.38 bits per heavy atom. The zero-order valence-corrected chi connectivity index (χ0v) is 13.0. The molecular formula is C14H20N2O4S. The molecule has 0 aliphatic carbocycles. The second-order valence-electron chi connectivity index (χ2n) is 5.10. The van der Waals surface area contributed by atoms with Gasteiger partial charge in [0.15, 0.2) is 0 Å². The normalized spacial score (nSPS) is 19.8. The van der Waals surface area contributed by atoms with E-state index in [0.717, 1.165) is 4.31 Å². The number of carbonyl (C=O) groups excluding carboxylic acids is 1. The van der Waals surface area contributed by atoms with Crippen molar-refractivity contribution in [3.8, 4) is 0 Å². The first-order chi connectivity index (χ1) is 9.91. The standard InChI is InChI=1S/C14H20N2O4S/c1-12-10-16(8-9-20-12)14(17)11-15(2)21(18,19)13-6-4-3-5-7-13/h3-7,12H,8-11H2,1-2H3. The molecule has 2 rings (SSSR count). The van der Waals surface area contributed by atoms with Crippen molar-refractivity contribution in [1.82, 2.24) is 9.21 Å². The molecule has 0 radical (unpaired) electrons. The number of rotatable bonds is 4. The van der Waals surface area contributed by atoms with Crippen LogP contribution in [0.25, 0.3) is 0 Å². The van der Waals surface area contributed by atoms with Crippen LogP contribution in [0.5, 0.6) is 0 Å². The average molecular weight is 312 g/mol. The molecule has 6 nitrogen and oxygen atoms in total. The van der Waals surface area contributed by atoms with Gasteiger partial charge in [-0.25, -0.2) is 8.42 Å². The number of hydrogen-bond acceptors (Lipinski definition) is 4. The summed E-state index contributed by atoms with van der Waals surface area (Å²) >= 11 is 0. The predicted molar refractivity (Wildman–Crippen MR) is 78.3 cm³/mol. The number of ether oxygens (including phenoxy) is 1. The Morgan fingerprint density at radius 2 is 2.05 bits per heavy atom. The number of amides is 1. The van der Waals surface area contributed by atoms with Crippen LogP contribution in [0.1, 0.15) is 6.92 Å². The van der Waals surface area contributed by atoms with Crippen LogP contribution in [-0.2, 0) is 19.6 Å². The molecule has 1 unspecified atom stereocenters. The third kappa shape index (κ3) is 3.81. The summed E-state index contributed by atoms with van der Waals surface area (Å²) in [7, 11) is -2.21. The largest absolute Gasteiger partial charge is 0.375 e. The monoisotopic (exact) mass is 312 g/mol. The Labute approximate surface area is 125 Å². The van der Waals surface area contributed by atoms with Crippen molar-refractivity contribution >= 4 is 15.9 Å². The van der Waals surface area contributed by atoms with Crippen LogP contribution in [0.3, 0.4) is 0 Å². The van der Waals surface area contributed by atoms with Gasteiger partial charge in [-0.05, 0) is 19.1 Å². The lowest BCUT2D eigenvalue weighted by Crippen LogP contribution is -2.48. The molecule has 1 fully saturated rings. The van der Waals surface area contributed by atoms with Crippen molar-refractivity contribution in [2.45, 2.75) is 17.9 Å². The molecule has 1 amide bonds. The molecule has 21 heavy (non-hydrogen) atoms. The number of morpholine rings is 1. The minimum absolute atomic E-state index is 0.0151. The van der Waals surface area contributed by atoms with Crippen LogP contribution in [0.4, 0.5) is 0 Å². The minimum Gasteiger partial charge on any atom is -0.375 e. The number of nitrogens with zero attached hydrogens (tertiary/aromatic N) is 2. The molecule has 1 aromatic carbocycles. The third-order valence-corrected chi connectivity index (χ3v) is 5.22. The van der Waals surface area contributed by atoms with E-state index in [1.54, 1.807) is 23.1 Å². The molecule has 1 aromatic rings. The molecule has 7 heteroatoms. The number of likely N-dealkylation sites (N-methyl/N-ethyl adjacent to an activating group) is 1. The molecule has 1 aliphatic heterocycles. The molecule has 0 bridgehead atoms. The van der Waals surface area contributed by atoms with Gasteiger partial charge in [-0.15, -0.1) is 0 Å². The summed E-state index contributed by atoms with van der Waals surface area (Å²) in [5, 5.41) is 0. The van der Waals surface area contributed by atoms with Crippen molar-refractivity contribution in [1.29, 1.82) is 0 Å². The fourth-order valence-corrected chi connectivity index (χ4v) is 3.33. The summed E-state index contributed by atoms with van der Waals surface area (Å²) in [5.41, 5.74) is 0. The maximum Gasteiger partial charge on any atom is 0.243 e. The van der Waals surface area contributed by atoms with Crippen molar-refractivity contribution in [2.24, 2.45) is 0 Å². The van der Waals surface area contributed by atoms with E-state index in [2.05, 4.69) is 0 Å². The Morgan fingerprint density at radius 3 is 2.67 bits per heavy atom. The van der Waals surface area contributed by atoms with E-state index in [4.69, 9.17) is 4.74 Å². The molecule has 1 heterocycles. The highest BCUT2D eigenvalue weighted by Gasteiger charge is 2.27. The number of carbonyl (C=O) groups is 1. The van der Waals surface area contributed by atoms with Gasteiger partial charge in [0.05, 0.1) is 24.2 Å². The van der Waals surface area contributed by atoms with Crippen LogP contribution in [0, 0.1) is 0 Å². The van der Waals surface area contributed by atoms with E-state index in [9.17, 15) is 13.2 Å². The van der Waals surface area contributed by atoms with Crippen LogP contribution in [0.15, 0.2) is 35.2 Å². The summed E-state index contributed by atoms with van der Waals surface area (Å²) in [6.45, 7) is 3.22. The third-order valence-electron chi connectivity index (χ3n) is 3.40. The first-order valence-electron chi connectivity index (χ1n) is 6.82. The number of benzene rings is 1. The van der Waals surface area contributed by atoms with Crippen LogP contribution >= 0.6 is 0 Å². The Hall–Kier alpha value is -1.44. The molecule has 1 aliphatic rings. The molecule has 0 saturated carbocycles. The lowest BCUT2D eigenvalue weighted by molar-refractivity contribution is -0.138. The molecule has 0 N–H and O–H groups in total. The molecule has 116 valence electrons. The van der Waals surface area contributed by atoms with Gasteiger partial charge in [0.25, 0.3) is 0 Å². The first-order valence-corrected chi connectivity index (χ1v) is 8.26. The summed E-state index contributed by atoms with van der Waals surface area (Å²) in [6, 6.07) is 8.11. The van der Waals surface area contributed by atoms with Gasteiger partial charge in [-0.2, -0.15) is 4.31 Å². The van der Waals surface area contributed by atoms with Gasteiger partial charge < -0.3 is 9.64 Å². The summed E-state index contributed by atoms with van der Waals surface area (Å²) in [4.78, 5) is 14.0. The molecule has 1 saturated heterocycles. The van der Waals surface area contributed by atoms with Gasteiger partial charge in [0.2, 0.25) is 15.9 Å². The lowest BCUT2D eigenvalue weighted by atomic mass is 10.3. The van der Waals surface area contributed by atoms with Crippen LogP contribution in [-0.4, -0.2) is 62.9 Å². The highest BCUT2D eigenvalue weighted by atomic mass is 32.2. The number of hydrogen-bond donors (Lipinski definition) is 0. The SMILES string of the molecule is CC1CN(C(=O)CN(C)S(=O)(=O)c2ccccc2)CCO1. The van der Waals surface area contributed by atoms with E-state index >= 15 is 0 Å². The highest BCUT2D eigenvalue weighted by Crippen LogP contribution is 2.14. The zero-order chi connectivity index (χ0) is 15.5. The van der Waals surface area contributed by atoms with Gasteiger partial charge in [0, 0.05) is 20.1 Å². The smallest absolute Gasteiger partial charge is 0.243 e. The zero-order valence-electron chi connectivity index (χ0n) is 12.2. The maximum absolute atomic E-state index is 12.3. The van der Waals surface area contributed by atoms with Crippen LogP contribution < -0.4 is 0 Å². The Bertz CT molecular complexity index is 588. The highest BCUT2D eigenvalue weighted by molar-refractivity contribution is 7.89. The van der Waals surface area contributed by atoms with Gasteiger partial charge >= 0.3 is 0 Å². The van der Waals surface area contributed by atoms with E-state index in [0.29, 0.717) is 19.7 Å². The van der Waals surface area contributed by atoms with Gasteiger partial charge in [-0.1, -0.05) is 18.2 Å². The molecule has 1 atom stereocenters. The van der Waals surface area contributed by atoms with E-state index in [-0.39, 0.29) is 23.5 Å². The summed E-state index contributed by atoms with van der Waals surface area (Å²) in [5.74, 6) is -0.202. The van der Waals surface area contributed by atoms with Crippen LogP contribution in [0.2, 0.25) is 0 Å². The van der Waals surface area contributed by atoms with Crippen molar-refractivity contribution in [2.75, 3.05) is 33.3 Å². The summed E-state index contributed by atoms with van der Waals surface area (Å²) in [6.07, 6.45) is -0.0151. The Balaban J connectivity index is 2.04. The van der Waals surface area contributed by atoms with Crippen molar-refractivity contribution in [3.63, 3.8) is 0 Å². The topological polar surface area (TPSA) is 66.9 Å². The van der Waals surface area contributed by atoms with E-state index in [1.165, 1.54) is 19.2 Å². The fraction of sp³-hybridized carbons (Fsp3) is 0.500. The van der Waals surface area contributed by atoms with Gasteiger partial charge in [-0.3, -0.25) is 4.79 Å². The van der Waals surface area contributed by atoms with E-state index in [1.807, 2.05) is 6.92 Å². The summed E-state index contributed by atoms with van der Waals surface area (Å²) < 4.78 is 31.2.